The Labute approximate surface area is 98.9 Å². The van der Waals surface area contributed by atoms with E-state index in [-0.39, 0.29) is 12.0 Å². The van der Waals surface area contributed by atoms with Gasteiger partial charge in [-0.3, -0.25) is 0 Å². The molecule has 1 aromatic rings. The lowest BCUT2D eigenvalue weighted by Gasteiger charge is -2.14. The highest BCUT2D eigenvalue weighted by atomic mass is 35.5. The molecule has 1 fully saturated rings. The van der Waals surface area contributed by atoms with Gasteiger partial charge < -0.3 is 10.4 Å². The van der Waals surface area contributed by atoms with Gasteiger partial charge in [-0.15, -0.1) is 0 Å². The van der Waals surface area contributed by atoms with Gasteiger partial charge in [0.25, 0.3) is 0 Å². The zero-order valence-electron chi connectivity index (χ0n) is 8.70. The lowest BCUT2D eigenvalue weighted by Crippen LogP contribution is -2.19. The Hall–Kier alpha value is -1.31. The van der Waals surface area contributed by atoms with Gasteiger partial charge in [0.05, 0.1) is 12.2 Å². The molecule has 5 heteroatoms. The smallest absolute Gasteiger partial charge is 0.146 e. The standard InChI is InChI=1S/C11H12ClN3O/c12-9-8(5-13)1-4-14-10(9)15-6-11(7-16)2-3-11/h1,4,16H,2-3,6-7H2,(H,14,15). The predicted molar refractivity (Wildman–Crippen MR) is 61.2 cm³/mol. The number of nitrogens with one attached hydrogen (secondary N) is 1. The Balaban J connectivity index is 2.08. The first kappa shape index (κ1) is 11.2. The van der Waals surface area contributed by atoms with Crippen LogP contribution in [0.4, 0.5) is 5.82 Å². The number of hydrogen-bond donors (Lipinski definition) is 2. The summed E-state index contributed by atoms with van der Waals surface area (Å²) in [6, 6.07) is 3.58. The van der Waals surface area contributed by atoms with E-state index in [0.717, 1.165) is 12.8 Å². The van der Waals surface area contributed by atoms with Crippen molar-refractivity contribution in [1.29, 1.82) is 5.26 Å². The molecule has 0 radical (unpaired) electrons. The molecule has 2 rings (SSSR count). The van der Waals surface area contributed by atoms with Crippen LogP contribution < -0.4 is 5.32 Å². The van der Waals surface area contributed by atoms with Crippen molar-refractivity contribution < 1.29 is 5.11 Å². The van der Waals surface area contributed by atoms with E-state index >= 15 is 0 Å². The fourth-order valence-electron chi connectivity index (χ4n) is 1.49. The summed E-state index contributed by atoms with van der Waals surface area (Å²) in [5.41, 5.74) is 0.404. The first-order valence-corrected chi connectivity index (χ1v) is 5.48. The van der Waals surface area contributed by atoms with Crippen LogP contribution in [0.25, 0.3) is 0 Å². The number of nitriles is 1. The van der Waals surface area contributed by atoms with E-state index in [1.165, 1.54) is 0 Å². The average Bonchev–Trinajstić information content (AvgIpc) is 3.08. The molecule has 0 unspecified atom stereocenters. The molecule has 0 aromatic carbocycles. The third kappa shape index (κ3) is 2.11. The molecule has 0 amide bonds. The lowest BCUT2D eigenvalue weighted by atomic mass is 10.1. The van der Waals surface area contributed by atoms with Crippen LogP contribution in [-0.4, -0.2) is 23.2 Å². The average molecular weight is 238 g/mol. The molecule has 1 heterocycles. The van der Waals surface area contributed by atoms with Crippen LogP contribution >= 0.6 is 11.6 Å². The van der Waals surface area contributed by atoms with Crippen LogP contribution in [-0.2, 0) is 0 Å². The zero-order valence-corrected chi connectivity index (χ0v) is 9.46. The van der Waals surface area contributed by atoms with Crippen molar-refractivity contribution in [3.63, 3.8) is 0 Å². The summed E-state index contributed by atoms with van der Waals surface area (Å²) in [6.07, 6.45) is 3.59. The van der Waals surface area contributed by atoms with Crippen molar-refractivity contribution in [3.05, 3.63) is 22.8 Å². The highest BCUT2D eigenvalue weighted by Gasteiger charge is 2.41. The Morgan fingerprint density at radius 1 is 1.62 bits per heavy atom. The van der Waals surface area contributed by atoms with Crippen LogP contribution in [0, 0.1) is 16.7 Å². The van der Waals surface area contributed by atoms with Crippen LogP contribution in [0.15, 0.2) is 12.3 Å². The molecule has 84 valence electrons. The molecule has 1 aromatic heterocycles. The number of halogens is 1. The van der Waals surface area contributed by atoms with E-state index in [1.54, 1.807) is 12.3 Å². The van der Waals surface area contributed by atoms with Crippen molar-refractivity contribution in [1.82, 2.24) is 4.98 Å². The minimum absolute atomic E-state index is 0.00629. The minimum Gasteiger partial charge on any atom is -0.396 e. The maximum atomic E-state index is 9.16. The summed E-state index contributed by atoms with van der Waals surface area (Å²) in [5.74, 6) is 0.514. The topological polar surface area (TPSA) is 68.9 Å². The number of aromatic nitrogens is 1. The summed E-state index contributed by atoms with van der Waals surface area (Å²) in [7, 11) is 0. The second-order valence-corrected chi connectivity index (χ2v) is 4.52. The van der Waals surface area contributed by atoms with Gasteiger partial charge in [-0.05, 0) is 18.9 Å². The monoisotopic (exact) mass is 237 g/mol. The summed E-state index contributed by atoms with van der Waals surface area (Å²) in [4.78, 5) is 4.08. The predicted octanol–water partition coefficient (Wildman–Crippen LogP) is 1.79. The third-order valence-electron chi connectivity index (χ3n) is 2.93. The highest BCUT2D eigenvalue weighted by molar-refractivity contribution is 6.34. The van der Waals surface area contributed by atoms with Crippen LogP contribution in [0.3, 0.4) is 0 Å². The van der Waals surface area contributed by atoms with E-state index < -0.39 is 0 Å². The molecule has 0 atom stereocenters. The number of hydrogen-bond acceptors (Lipinski definition) is 4. The van der Waals surface area contributed by atoms with Gasteiger partial charge >= 0.3 is 0 Å². The molecule has 2 N–H and O–H groups in total. The quantitative estimate of drug-likeness (QED) is 0.838. The third-order valence-corrected chi connectivity index (χ3v) is 3.32. The van der Waals surface area contributed by atoms with Crippen molar-refractivity contribution in [2.75, 3.05) is 18.5 Å². The number of nitrogens with zero attached hydrogens (tertiary/aromatic N) is 2. The van der Waals surface area contributed by atoms with Gasteiger partial charge in [-0.2, -0.15) is 5.26 Å². The van der Waals surface area contributed by atoms with Gasteiger partial charge in [0, 0.05) is 18.2 Å². The second kappa shape index (κ2) is 4.28. The largest absolute Gasteiger partial charge is 0.396 e. The van der Waals surface area contributed by atoms with Crippen LogP contribution in [0.5, 0.6) is 0 Å². The fourth-order valence-corrected chi connectivity index (χ4v) is 1.71. The molecular formula is C11H12ClN3O. The van der Waals surface area contributed by atoms with E-state index in [2.05, 4.69) is 10.3 Å². The van der Waals surface area contributed by atoms with Gasteiger partial charge in [0.15, 0.2) is 0 Å². The van der Waals surface area contributed by atoms with Gasteiger partial charge in [-0.1, -0.05) is 11.6 Å². The first-order valence-electron chi connectivity index (χ1n) is 5.10. The molecule has 16 heavy (non-hydrogen) atoms. The summed E-state index contributed by atoms with van der Waals surface area (Å²) in [6.45, 7) is 0.820. The SMILES string of the molecule is N#Cc1ccnc(NCC2(CO)CC2)c1Cl. The van der Waals surface area contributed by atoms with Gasteiger partial charge in [0.1, 0.15) is 16.9 Å². The van der Waals surface area contributed by atoms with Crippen molar-refractivity contribution in [2.45, 2.75) is 12.8 Å². The van der Waals surface area contributed by atoms with Crippen LogP contribution in [0.1, 0.15) is 18.4 Å². The summed E-state index contributed by atoms with van der Waals surface area (Å²) < 4.78 is 0. The number of aliphatic hydroxyl groups excluding tert-OH is 1. The van der Waals surface area contributed by atoms with Crippen molar-refractivity contribution in [3.8, 4) is 6.07 Å². The molecule has 0 aliphatic heterocycles. The van der Waals surface area contributed by atoms with E-state index in [1.807, 2.05) is 6.07 Å². The number of anilines is 1. The number of aliphatic hydroxyl groups is 1. The number of pyridine rings is 1. The maximum Gasteiger partial charge on any atom is 0.146 e. The zero-order chi connectivity index (χ0) is 11.6. The van der Waals surface area contributed by atoms with Gasteiger partial charge in [-0.25, -0.2) is 4.98 Å². The molecule has 1 aliphatic rings. The summed E-state index contributed by atoms with van der Waals surface area (Å²) >= 11 is 5.99. The molecule has 0 spiro atoms. The molecule has 0 bridgehead atoms. The Bertz CT molecular complexity index is 437. The number of rotatable bonds is 4. The first-order chi connectivity index (χ1) is 7.71. The fraction of sp³-hybridized carbons (Fsp3) is 0.455. The normalized spacial score (nSPS) is 16.6. The molecule has 1 saturated carbocycles. The Morgan fingerprint density at radius 3 is 2.94 bits per heavy atom. The van der Waals surface area contributed by atoms with Crippen molar-refractivity contribution in [2.24, 2.45) is 5.41 Å². The summed E-state index contributed by atoms with van der Waals surface area (Å²) in [5, 5.41) is 21.4. The van der Waals surface area contributed by atoms with Gasteiger partial charge in [0.2, 0.25) is 0 Å². The Kier molecular flexibility index (Phi) is 2.99. The molecule has 0 saturated heterocycles. The lowest BCUT2D eigenvalue weighted by molar-refractivity contribution is 0.219. The van der Waals surface area contributed by atoms with Crippen LogP contribution in [0.2, 0.25) is 5.02 Å². The molecular weight excluding hydrogens is 226 g/mol. The molecule has 1 aliphatic carbocycles. The van der Waals surface area contributed by atoms with E-state index in [9.17, 15) is 0 Å². The van der Waals surface area contributed by atoms with Crippen molar-refractivity contribution >= 4 is 17.4 Å². The molecule has 4 nitrogen and oxygen atoms in total. The maximum absolute atomic E-state index is 9.16. The Morgan fingerprint density at radius 2 is 2.38 bits per heavy atom. The van der Waals surface area contributed by atoms with E-state index in [0.29, 0.717) is 22.9 Å². The second-order valence-electron chi connectivity index (χ2n) is 4.14. The van der Waals surface area contributed by atoms with E-state index in [4.69, 9.17) is 22.0 Å². The highest BCUT2D eigenvalue weighted by Crippen LogP contribution is 2.45. The minimum atomic E-state index is -0.00629.